The third-order valence-corrected chi connectivity index (χ3v) is 6.00. The maximum atomic E-state index is 3.98. The van der Waals surface area contributed by atoms with Gasteiger partial charge in [0.05, 0.1) is 0 Å². The molecule has 0 saturated carbocycles. The number of hydrogen-bond donors (Lipinski definition) is 0. The summed E-state index contributed by atoms with van der Waals surface area (Å²) < 4.78 is 0. The Balaban J connectivity index is 2.75. The van der Waals surface area contributed by atoms with Crippen molar-refractivity contribution in [3.05, 3.63) is 59.5 Å². The number of rotatable bonds is 2. The molecule has 0 unspecified atom stereocenters. The van der Waals surface area contributed by atoms with Crippen molar-refractivity contribution in [3.8, 4) is 0 Å². The zero-order chi connectivity index (χ0) is 11.8. The highest BCUT2D eigenvalue weighted by Crippen LogP contribution is 2.65. The minimum absolute atomic E-state index is 0.858. The Morgan fingerprint density at radius 1 is 1.19 bits per heavy atom. The highest BCUT2D eigenvalue weighted by molar-refractivity contribution is 8.36. The summed E-state index contributed by atoms with van der Waals surface area (Å²) in [6.07, 6.45) is 11.0. The molecule has 0 nitrogen and oxygen atoms in total. The SMILES string of the molecule is C=CC1=C(/C=C\C)c2ccccc2S1(C)C. The highest BCUT2D eigenvalue weighted by Gasteiger charge is 2.30. The summed E-state index contributed by atoms with van der Waals surface area (Å²) in [7, 11) is -0.858. The van der Waals surface area contributed by atoms with E-state index in [1.165, 1.54) is 20.9 Å². The Bertz CT molecular complexity index is 490. The van der Waals surface area contributed by atoms with E-state index in [2.05, 4.69) is 62.4 Å². The molecule has 0 aromatic heterocycles. The average molecular weight is 230 g/mol. The fourth-order valence-electron chi connectivity index (χ4n) is 2.32. The Kier molecular flexibility index (Phi) is 2.81. The highest BCUT2D eigenvalue weighted by atomic mass is 32.3. The molecule has 1 aromatic rings. The monoisotopic (exact) mass is 230 g/mol. The molecule has 0 spiro atoms. The molecule has 1 aliphatic heterocycles. The molecular weight excluding hydrogens is 212 g/mol. The Labute approximate surface area is 99.7 Å². The van der Waals surface area contributed by atoms with Gasteiger partial charge >= 0.3 is 0 Å². The minimum atomic E-state index is -0.858. The molecule has 0 aliphatic carbocycles. The van der Waals surface area contributed by atoms with E-state index in [1.807, 2.05) is 6.08 Å². The lowest BCUT2D eigenvalue weighted by Gasteiger charge is -2.29. The van der Waals surface area contributed by atoms with Gasteiger partial charge in [-0.2, -0.15) is 10.0 Å². The lowest BCUT2D eigenvalue weighted by Crippen LogP contribution is -1.93. The standard InChI is InChI=1S/C15H18S/c1-5-9-12-13-10-7-8-11-15(13)16(3,4)14(12)6-2/h5-11H,2H2,1,3-4H3/b9-5-. The number of hydrogen-bond acceptors (Lipinski definition) is 0. The van der Waals surface area contributed by atoms with Gasteiger partial charge in [0.15, 0.2) is 0 Å². The zero-order valence-corrected chi connectivity index (χ0v) is 11.0. The first-order chi connectivity index (χ1) is 7.62. The summed E-state index contributed by atoms with van der Waals surface area (Å²) in [6, 6.07) is 8.72. The molecule has 0 N–H and O–H groups in total. The van der Waals surface area contributed by atoms with Crippen LogP contribution in [0, 0.1) is 0 Å². The van der Waals surface area contributed by atoms with E-state index in [1.54, 1.807) is 0 Å². The molecule has 0 fully saturated rings. The molecule has 0 radical (unpaired) electrons. The van der Waals surface area contributed by atoms with Gasteiger partial charge in [-0.05, 0) is 36.6 Å². The largest absolute Gasteiger partial charge is 0.192 e. The summed E-state index contributed by atoms with van der Waals surface area (Å²) in [5, 5.41) is 0. The van der Waals surface area contributed by atoms with Gasteiger partial charge in [0.25, 0.3) is 0 Å². The molecular formula is C15H18S. The summed E-state index contributed by atoms with van der Waals surface area (Å²) in [5.41, 5.74) is 2.74. The van der Waals surface area contributed by atoms with E-state index in [9.17, 15) is 0 Å². The molecule has 1 aromatic carbocycles. The summed E-state index contributed by atoms with van der Waals surface area (Å²) in [4.78, 5) is 2.89. The molecule has 0 saturated heterocycles. The second-order valence-electron chi connectivity index (χ2n) is 4.31. The minimum Gasteiger partial charge on any atom is -0.192 e. The van der Waals surface area contributed by atoms with Crippen LogP contribution in [-0.4, -0.2) is 12.5 Å². The Hall–Kier alpha value is -1.21. The first-order valence-electron chi connectivity index (χ1n) is 5.45. The van der Waals surface area contributed by atoms with Crippen LogP contribution in [0.25, 0.3) is 5.57 Å². The predicted octanol–water partition coefficient (Wildman–Crippen LogP) is 4.60. The van der Waals surface area contributed by atoms with E-state index in [0.717, 1.165) is 0 Å². The van der Waals surface area contributed by atoms with Crippen molar-refractivity contribution in [2.75, 3.05) is 12.5 Å². The van der Waals surface area contributed by atoms with Gasteiger partial charge in [0, 0.05) is 9.80 Å². The fraction of sp³-hybridized carbons (Fsp3) is 0.200. The van der Waals surface area contributed by atoms with E-state index in [0.29, 0.717) is 0 Å². The van der Waals surface area contributed by atoms with Gasteiger partial charge in [-0.25, -0.2) is 0 Å². The topological polar surface area (TPSA) is 0 Å². The van der Waals surface area contributed by atoms with Crippen molar-refractivity contribution in [2.24, 2.45) is 0 Å². The van der Waals surface area contributed by atoms with Crippen LogP contribution in [0.4, 0.5) is 0 Å². The molecule has 84 valence electrons. The molecule has 1 aliphatic rings. The van der Waals surface area contributed by atoms with Crippen molar-refractivity contribution in [3.63, 3.8) is 0 Å². The van der Waals surface area contributed by atoms with Crippen molar-refractivity contribution in [2.45, 2.75) is 11.8 Å². The van der Waals surface area contributed by atoms with Crippen LogP contribution < -0.4 is 0 Å². The molecule has 16 heavy (non-hydrogen) atoms. The van der Waals surface area contributed by atoms with Crippen LogP contribution in [0.1, 0.15) is 12.5 Å². The number of fused-ring (bicyclic) bond motifs is 1. The third kappa shape index (κ3) is 1.47. The smallest absolute Gasteiger partial charge is 0.00153 e. The van der Waals surface area contributed by atoms with Crippen LogP contribution in [0.15, 0.2) is 58.9 Å². The van der Waals surface area contributed by atoms with Gasteiger partial charge in [-0.15, -0.1) is 0 Å². The van der Waals surface area contributed by atoms with Crippen LogP contribution in [-0.2, 0) is 0 Å². The zero-order valence-electron chi connectivity index (χ0n) is 10.2. The molecule has 1 heteroatoms. The molecule has 0 amide bonds. The van der Waals surface area contributed by atoms with Gasteiger partial charge < -0.3 is 0 Å². The van der Waals surface area contributed by atoms with Gasteiger partial charge in [-0.1, -0.05) is 43.0 Å². The summed E-state index contributed by atoms with van der Waals surface area (Å²) in [6.45, 7) is 6.05. The quantitative estimate of drug-likeness (QED) is 0.696. The Morgan fingerprint density at radius 3 is 2.50 bits per heavy atom. The van der Waals surface area contributed by atoms with E-state index < -0.39 is 10.0 Å². The van der Waals surface area contributed by atoms with Crippen molar-refractivity contribution >= 4 is 15.6 Å². The van der Waals surface area contributed by atoms with E-state index in [4.69, 9.17) is 0 Å². The van der Waals surface area contributed by atoms with E-state index in [-0.39, 0.29) is 0 Å². The lowest BCUT2D eigenvalue weighted by atomic mass is 10.1. The van der Waals surface area contributed by atoms with Gasteiger partial charge in [0.2, 0.25) is 0 Å². The van der Waals surface area contributed by atoms with Crippen LogP contribution >= 0.6 is 10.0 Å². The van der Waals surface area contributed by atoms with Crippen LogP contribution in [0.2, 0.25) is 0 Å². The van der Waals surface area contributed by atoms with Crippen molar-refractivity contribution < 1.29 is 0 Å². The maximum Gasteiger partial charge on any atom is 0.00153 e. The average Bonchev–Trinajstić information content (AvgIpc) is 2.49. The van der Waals surface area contributed by atoms with Crippen molar-refractivity contribution in [1.82, 2.24) is 0 Å². The summed E-state index contributed by atoms with van der Waals surface area (Å²) >= 11 is 0. The molecule has 2 rings (SSSR count). The summed E-state index contributed by atoms with van der Waals surface area (Å²) in [5.74, 6) is 0. The first kappa shape index (κ1) is 11.3. The third-order valence-electron chi connectivity index (χ3n) is 3.06. The molecule has 0 bridgehead atoms. The lowest BCUT2D eigenvalue weighted by molar-refractivity contribution is 1.41. The molecule has 0 atom stereocenters. The number of allylic oxidation sites excluding steroid dienone is 4. The van der Waals surface area contributed by atoms with E-state index >= 15 is 0 Å². The fourth-order valence-corrected chi connectivity index (χ4v) is 4.85. The molecule has 1 heterocycles. The number of benzene rings is 1. The van der Waals surface area contributed by atoms with Crippen LogP contribution in [0.3, 0.4) is 0 Å². The predicted molar refractivity (Wildman–Crippen MR) is 76.1 cm³/mol. The van der Waals surface area contributed by atoms with Crippen molar-refractivity contribution in [1.29, 1.82) is 0 Å². The Morgan fingerprint density at radius 2 is 1.88 bits per heavy atom. The second-order valence-corrected chi connectivity index (χ2v) is 7.84. The maximum absolute atomic E-state index is 3.98. The second kappa shape index (κ2) is 3.99. The van der Waals surface area contributed by atoms with Crippen LogP contribution in [0.5, 0.6) is 0 Å². The normalized spacial score (nSPS) is 19.9. The first-order valence-corrected chi connectivity index (χ1v) is 7.90. The van der Waals surface area contributed by atoms with Gasteiger partial charge in [-0.3, -0.25) is 0 Å². The van der Waals surface area contributed by atoms with Gasteiger partial charge in [0.1, 0.15) is 0 Å².